The van der Waals surface area contributed by atoms with Gasteiger partial charge < -0.3 is 15.8 Å². The Morgan fingerprint density at radius 2 is 1.90 bits per heavy atom. The number of benzene rings is 1. The monoisotopic (exact) mass is 273 g/mol. The molecule has 6 heteroatoms. The lowest BCUT2D eigenvalue weighted by molar-refractivity contribution is 0.414. The normalized spacial score (nSPS) is 11.9. The molecule has 1 aromatic heterocycles. The van der Waals surface area contributed by atoms with Gasteiger partial charge in [-0.25, -0.2) is 0 Å². The lowest BCUT2D eigenvalue weighted by Crippen LogP contribution is -2.14. The zero-order chi connectivity index (χ0) is 14.5. The third-order valence-electron chi connectivity index (χ3n) is 2.99. The molecular formula is C14H19N5O. The van der Waals surface area contributed by atoms with E-state index in [1.807, 2.05) is 24.3 Å². The molecule has 0 spiro atoms. The van der Waals surface area contributed by atoms with Gasteiger partial charge in [0, 0.05) is 0 Å². The molecule has 0 aliphatic rings. The summed E-state index contributed by atoms with van der Waals surface area (Å²) in [5.41, 5.74) is 6.78. The van der Waals surface area contributed by atoms with Crippen molar-refractivity contribution in [2.75, 3.05) is 18.2 Å². The molecule has 2 aromatic rings. The number of hydrogen-bond acceptors (Lipinski definition) is 6. The number of nitrogens with one attached hydrogen (secondary N) is 1. The van der Waals surface area contributed by atoms with Crippen LogP contribution in [0.15, 0.2) is 24.3 Å². The molecule has 0 bridgehead atoms. The minimum atomic E-state index is 0.113. The van der Waals surface area contributed by atoms with E-state index in [-0.39, 0.29) is 12.0 Å². The number of hydrogen-bond donors (Lipinski definition) is 2. The number of nitrogens with zero attached hydrogens (tertiary/aromatic N) is 3. The van der Waals surface area contributed by atoms with Crippen LogP contribution in [0.25, 0.3) is 0 Å². The van der Waals surface area contributed by atoms with Crippen LogP contribution >= 0.6 is 0 Å². The van der Waals surface area contributed by atoms with E-state index in [2.05, 4.69) is 27.2 Å². The van der Waals surface area contributed by atoms with Crippen LogP contribution in [0.2, 0.25) is 0 Å². The number of aromatic nitrogens is 3. The van der Waals surface area contributed by atoms with Gasteiger partial charge in [-0.15, -0.1) is 0 Å². The van der Waals surface area contributed by atoms with E-state index in [4.69, 9.17) is 10.5 Å². The van der Waals surface area contributed by atoms with Crippen LogP contribution in [-0.4, -0.2) is 22.1 Å². The zero-order valence-electron chi connectivity index (χ0n) is 11.9. The summed E-state index contributed by atoms with van der Waals surface area (Å²) in [6.07, 6.45) is 0.900. The Balaban J connectivity index is 2.19. The Bertz CT molecular complexity index is 550. The van der Waals surface area contributed by atoms with Gasteiger partial charge in [0.25, 0.3) is 0 Å². The lowest BCUT2D eigenvalue weighted by atomic mass is 10.0. The Hall–Kier alpha value is -2.37. The molecule has 0 saturated heterocycles. The molecule has 1 unspecified atom stereocenters. The minimum Gasteiger partial charge on any atom is -0.497 e. The molecular weight excluding hydrogens is 254 g/mol. The molecule has 0 fully saturated rings. The predicted octanol–water partition coefficient (Wildman–Crippen LogP) is 2.33. The summed E-state index contributed by atoms with van der Waals surface area (Å²) in [5, 5.41) is 3.28. The second-order valence-electron chi connectivity index (χ2n) is 4.44. The molecule has 1 atom stereocenters. The van der Waals surface area contributed by atoms with Crippen molar-refractivity contribution >= 4 is 11.9 Å². The van der Waals surface area contributed by atoms with Crippen molar-refractivity contribution in [3.63, 3.8) is 0 Å². The summed E-state index contributed by atoms with van der Waals surface area (Å²) in [5.74, 6) is 2.16. The van der Waals surface area contributed by atoms with Crippen molar-refractivity contribution in [3.8, 4) is 5.75 Å². The molecule has 3 N–H and O–H groups in total. The Morgan fingerprint density at radius 3 is 2.45 bits per heavy atom. The average Bonchev–Trinajstić information content (AvgIpc) is 2.44. The van der Waals surface area contributed by atoms with Crippen molar-refractivity contribution in [2.45, 2.75) is 26.3 Å². The summed E-state index contributed by atoms with van der Waals surface area (Å²) < 4.78 is 5.16. The maximum absolute atomic E-state index is 5.63. The summed E-state index contributed by atoms with van der Waals surface area (Å²) in [6, 6.07) is 8.04. The van der Waals surface area contributed by atoms with Crippen LogP contribution in [0.3, 0.4) is 0 Å². The van der Waals surface area contributed by atoms with E-state index < -0.39 is 0 Å². The summed E-state index contributed by atoms with van der Waals surface area (Å²) in [6.45, 7) is 3.89. The number of nitrogens with two attached hydrogens (primary N) is 1. The van der Waals surface area contributed by atoms with E-state index in [0.29, 0.717) is 11.8 Å². The van der Waals surface area contributed by atoms with Gasteiger partial charge in [-0.3, -0.25) is 0 Å². The van der Waals surface area contributed by atoms with Gasteiger partial charge in [-0.2, -0.15) is 15.0 Å². The molecule has 1 aromatic carbocycles. The molecule has 0 aliphatic heterocycles. The standard InChI is InChI=1S/C14H19N5O/c1-4-12(10-5-7-11(20-3)8-6-10)18-14-17-9(2)16-13(15)19-14/h5-8,12H,4H2,1-3H3,(H3,15,16,17,18,19). The third kappa shape index (κ3) is 3.34. The number of aryl methyl sites for hydroxylation is 1. The van der Waals surface area contributed by atoms with Crippen molar-refractivity contribution in [2.24, 2.45) is 0 Å². The highest BCUT2D eigenvalue weighted by Gasteiger charge is 2.11. The van der Waals surface area contributed by atoms with E-state index in [1.165, 1.54) is 0 Å². The lowest BCUT2D eigenvalue weighted by Gasteiger charge is -2.18. The van der Waals surface area contributed by atoms with Crippen LogP contribution in [0, 0.1) is 6.92 Å². The van der Waals surface area contributed by atoms with Crippen LogP contribution in [0.1, 0.15) is 30.8 Å². The van der Waals surface area contributed by atoms with Gasteiger partial charge in [0.1, 0.15) is 11.6 Å². The van der Waals surface area contributed by atoms with Gasteiger partial charge in [0.15, 0.2) is 0 Å². The number of ether oxygens (including phenoxy) is 1. The first-order valence-electron chi connectivity index (χ1n) is 6.51. The molecule has 0 saturated carbocycles. The summed E-state index contributed by atoms with van der Waals surface area (Å²) in [7, 11) is 1.65. The molecule has 0 amide bonds. The third-order valence-corrected chi connectivity index (χ3v) is 2.99. The molecule has 0 radical (unpaired) electrons. The van der Waals surface area contributed by atoms with Gasteiger partial charge in [-0.1, -0.05) is 19.1 Å². The first-order chi connectivity index (χ1) is 9.62. The second-order valence-corrected chi connectivity index (χ2v) is 4.44. The van der Waals surface area contributed by atoms with Crippen LogP contribution in [0.5, 0.6) is 5.75 Å². The molecule has 6 nitrogen and oxygen atoms in total. The van der Waals surface area contributed by atoms with E-state index in [0.717, 1.165) is 17.7 Å². The Morgan fingerprint density at radius 1 is 1.20 bits per heavy atom. The fourth-order valence-electron chi connectivity index (χ4n) is 1.98. The molecule has 2 rings (SSSR count). The molecule has 0 aliphatic carbocycles. The van der Waals surface area contributed by atoms with E-state index in [1.54, 1.807) is 14.0 Å². The fraction of sp³-hybridized carbons (Fsp3) is 0.357. The predicted molar refractivity (Wildman–Crippen MR) is 78.6 cm³/mol. The zero-order valence-corrected chi connectivity index (χ0v) is 11.9. The number of anilines is 2. The first kappa shape index (κ1) is 14.0. The first-order valence-corrected chi connectivity index (χ1v) is 6.51. The van der Waals surface area contributed by atoms with Crippen LogP contribution < -0.4 is 15.8 Å². The van der Waals surface area contributed by atoms with Crippen molar-refractivity contribution < 1.29 is 4.74 Å². The van der Waals surface area contributed by atoms with Crippen molar-refractivity contribution in [1.82, 2.24) is 15.0 Å². The van der Waals surface area contributed by atoms with Gasteiger partial charge in [0.05, 0.1) is 13.2 Å². The van der Waals surface area contributed by atoms with E-state index >= 15 is 0 Å². The van der Waals surface area contributed by atoms with Crippen molar-refractivity contribution in [3.05, 3.63) is 35.7 Å². The Kier molecular flexibility index (Phi) is 4.34. The highest BCUT2D eigenvalue weighted by molar-refractivity contribution is 5.37. The summed E-state index contributed by atoms with van der Waals surface area (Å²) in [4.78, 5) is 12.3. The molecule has 1 heterocycles. The molecule has 106 valence electrons. The van der Waals surface area contributed by atoms with E-state index in [9.17, 15) is 0 Å². The fourth-order valence-corrected chi connectivity index (χ4v) is 1.98. The maximum Gasteiger partial charge on any atom is 0.228 e. The SMILES string of the molecule is CCC(Nc1nc(C)nc(N)n1)c1ccc(OC)cc1. The quantitative estimate of drug-likeness (QED) is 0.869. The highest BCUT2D eigenvalue weighted by Crippen LogP contribution is 2.23. The summed E-state index contributed by atoms with van der Waals surface area (Å²) >= 11 is 0. The minimum absolute atomic E-state index is 0.113. The molecule has 20 heavy (non-hydrogen) atoms. The average molecular weight is 273 g/mol. The second kappa shape index (κ2) is 6.18. The number of methoxy groups -OCH3 is 1. The van der Waals surface area contributed by atoms with Crippen molar-refractivity contribution in [1.29, 1.82) is 0 Å². The number of nitrogen functional groups attached to an aromatic ring is 1. The highest BCUT2D eigenvalue weighted by atomic mass is 16.5. The van der Waals surface area contributed by atoms with Gasteiger partial charge >= 0.3 is 0 Å². The van der Waals surface area contributed by atoms with Crippen LogP contribution in [0.4, 0.5) is 11.9 Å². The van der Waals surface area contributed by atoms with Gasteiger partial charge in [0.2, 0.25) is 11.9 Å². The van der Waals surface area contributed by atoms with Gasteiger partial charge in [-0.05, 0) is 31.0 Å². The smallest absolute Gasteiger partial charge is 0.228 e. The number of rotatable bonds is 5. The van der Waals surface area contributed by atoms with Crippen LogP contribution in [-0.2, 0) is 0 Å². The Labute approximate surface area is 118 Å². The maximum atomic E-state index is 5.63. The topological polar surface area (TPSA) is 86.0 Å². The largest absolute Gasteiger partial charge is 0.497 e.